The van der Waals surface area contributed by atoms with E-state index in [0.29, 0.717) is 7.40 Å². The molecule has 0 radical (unpaired) electrons. The number of pyridine rings is 1. The highest BCUT2D eigenvalue weighted by Crippen LogP contribution is 2.28. The van der Waals surface area contributed by atoms with Crippen LogP contribution in [0.4, 0.5) is 14.5 Å². The van der Waals surface area contributed by atoms with Crippen LogP contribution in [0.25, 0.3) is 0 Å². The Labute approximate surface area is 95.2 Å². The van der Waals surface area contributed by atoms with Gasteiger partial charge < -0.3 is 5.73 Å². The van der Waals surface area contributed by atoms with E-state index in [4.69, 9.17) is 5.73 Å². The van der Waals surface area contributed by atoms with E-state index < -0.39 is 6.43 Å². The van der Waals surface area contributed by atoms with E-state index in [1.54, 1.807) is 0 Å². The fourth-order valence-corrected chi connectivity index (χ4v) is 2.30. The van der Waals surface area contributed by atoms with Crippen LogP contribution in [0.2, 0.25) is 0 Å². The van der Waals surface area contributed by atoms with Crippen LogP contribution in [0, 0.1) is 7.40 Å². The largest absolute Gasteiger partial charge is 0.396 e. The summed E-state index contributed by atoms with van der Waals surface area (Å²) in [5.74, 6) is 0. The Hall–Kier alpha value is 0.270. The molecule has 6 heteroatoms. The lowest BCUT2D eigenvalue weighted by Crippen LogP contribution is -2.01. The van der Waals surface area contributed by atoms with Crippen LogP contribution >= 0.6 is 45.2 Å². The maximum Gasteiger partial charge on any atom is 0.266 e. The van der Waals surface area contributed by atoms with Crippen LogP contribution in [0.3, 0.4) is 0 Å². The summed E-state index contributed by atoms with van der Waals surface area (Å²) in [5, 5.41) is 0. The third-order valence-electron chi connectivity index (χ3n) is 1.25. The fourth-order valence-electron chi connectivity index (χ4n) is 0.692. The Morgan fingerprint density at radius 2 is 2.00 bits per heavy atom. The first-order valence-corrected chi connectivity index (χ1v) is 5.07. The third-order valence-corrected chi connectivity index (χ3v) is 2.62. The number of hydrogen-bond donors (Lipinski definition) is 1. The van der Waals surface area contributed by atoms with Crippen LogP contribution in [-0.2, 0) is 0 Å². The lowest BCUT2D eigenvalue weighted by Gasteiger charge is -2.05. The van der Waals surface area contributed by atoms with Gasteiger partial charge in [0.2, 0.25) is 0 Å². The topological polar surface area (TPSA) is 38.9 Å². The van der Waals surface area contributed by atoms with Crippen molar-refractivity contribution in [3.8, 4) is 0 Å². The van der Waals surface area contributed by atoms with Crippen molar-refractivity contribution < 1.29 is 8.78 Å². The molecular formula is C6H4F2I2N2. The molecule has 0 bridgehead atoms. The summed E-state index contributed by atoms with van der Waals surface area (Å²) in [4.78, 5) is 3.93. The van der Waals surface area contributed by atoms with E-state index in [-0.39, 0.29) is 11.3 Å². The van der Waals surface area contributed by atoms with Gasteiger partial charge in [-0.3, -0.25) is 0 Å². The number of halogens is 4. The molecule has 0 saturated heterocycles. The average Bonchev–Trinajstić information content (AvgIpc) is 1.96. The molecule has 0 aliphatic rings. The molecular weight excluding hydrogens is 392 g/mol. The molecule has 12 heavy (non-hydrogen) atoms. The van der Waals surface area contributed by atoms with Crippen LogP contribution in [0.5, 0.6) is 0 Å². The summed E-state index contributed by atoms with van der Waals surface area (Å²) >= 11 is 3.71. The summed E-state index contributed by atoms with van der Waals surface area (Å²) in [6.07, 6.45) is -2.53. The third kappa shape index (κ3) is 2.15. The van der Waals surface area contributed by atoms with Crippen molar-refractivity contribution in [3.05, 3.63) is 19.0 Å². The van der Waals surface area contributed by atoms with Gasteiger partial charge in [-0.1, -0.05) is 0 Å². The van der Waals surface area contributed by atoms with Crippen LogP contribution < -0.4 is 5.73 Å². The number of alkyl halides is 2. The molecule has 0 amide bonds. The van der Waals surface area contributed by atoms with Crippen molar-refractivity contribution in [2.24, 2.45) is 0 Å². The minimum Gasteiger partial charge on any atom is -0.396 e. The summed E-state index contributed by atoms with van der Waals surface area (Å²) in [7, 11) is 0. The van der Waals surface area contributed by atoms with Crippen molar-refractivity contribution in [1.29, 1.82) is 0 Å². The highest BCUT2D eigenvalue weighted by molar-refractivity contribution is 14.1. The zero-order valence-corrected chi connectivity index (χ0v) is 10.0. The van der Waals surface area contributed by atoms with E-state index in [2.05, 4.69) is 4.98 Å². The lowest BCUT2D eigenvalue weighted by atomic mass is 10.2. The second kappa shape index (κ2) is 3.99. The summed E-state index contributed by atoms with van der Waals surface area (Å²) < 4.78 is 25.5. The second-order valence-electron chi connectivity index (χ2n) is 2.04. The normalized spacial score (nSPS) is 10.8. The molecule has 2 N–H and O–H groups in total. The molecule has 0 unspecified atom stereocenters. The van der Waals surface area contributed by atoms with Crippen molar-refractivity contribution in [2.75, 3.05) is 5.73 Å². The number of rotatable bonds is 1. The fraction of sp³-hybridized carbons (Fsp3) is 0.167. The van der Waals surface area contributed by atoms with Crippen molar-refractivity contribution in [1.82, 2.24) is 4.98 Å². The highest BCUT2D eigenvalue weighted by atomic mass is 127. The molecule has 0 atom stereocenters. The van der Waals surface area contributed by atoms with Gasteiger partial charge in [-0.15, -0.1) is 0 Å². The van der Waals surface area contributed by atoms with Crippen molar-refractivity contribution in [2.45, 2.75) is 6.43 Å². The smallest absolute Gasteiger partial charge is 0.266 e. The minimum atomic E-state index is -2.53. The van der Waals surface area contributed by atoms with E-state index in [1.807, 2.05) is 45.2 Å². The molecule has 2 nitrogen and oxygen atoms in total. The maximum atomic E-state index is 12.3. The lowest BCUT2D eigenvalue weighted by molar-refractivity contribution is 0.152. The molecule has 0 aromatic carbocycles. The van der Waals surface area contributed by atoms with Gasteiger partial charge in [0.1, 0.15) is 7.40 Å². The molecule has 1 aromatic heterocycles. The maximum absolute atomic E-state index is 12.3. The SMILES string of the molecule is Nc1c(C(F)F)cc(I)nc1I. The van der Waals surface area contributed by atoms with Gasteiger partial charge in [-0.05, 0) is 51.2 Å². The van der Waals surface area contributed by atoms with Gasteiger partial charge in [0.15, 0.2) is 0 Å². The predicted octanol–water partition coefficient (Wildman–Crippen LogP) is 2.81. The molecule has 0 fully saturated rings. The minimum absolute atomic E-state index is 0.0750. The van der Waals surface area contributed by atoms with Crippen molar-refractivity contribution in [3.63, 3.8) is 0 Å². The first-order chi connectivity index (χ1) is 5.52. The predicted molar refractivity (Wildman–Crippen MR) is 59.0 cm³/mol. The Kier molecular flexibility index (Phi) is 3.44. The zero-order valence-electron chi connectivity index (χ0n) is 5.69. The van der Waals surface area contributed by atoms with Crippen LogP contribution in [0.1, 0.15) is 12.0 Å². The number of hydrogen-bond acceptors (Lipinski definition) is 2. The highest BCUT2D eigenvalue weighted by Gasteiger charge is 2.14. The number of nitrogens with zero attached hydrogens (tertiary/aromatic N) is 1. The standard InChI is InChI=1S/C6H4F2I2N2/c7-5(8)2-1-3(9)12-6(10)4(2)11/h1,5H,11H2. The molecule has 66 valence electrons. The molecule has 1 heterocycles. The molecule has 1 aromatic rings. The summed E-state index contributed by atoms with van der Waals surface area (Å²) in [6.45, 7) is 0. The Balaban J connectivity index is 3.28. The average molecular weight is 396 g/mol. The Bertz CT molecular complexity index is 304. The van der Waals surface area contributed by atoms with Gasteiger partial charge in [0.25, 0.3) is 6.43 Å². The Morgan fingerprint density at radius 1 is 1.42 bits per heavy atom. The summed E-state index contributed by atoms with van der Waals surface area (Å²) in [5.41, 5.74) is 5.33. The first kappa shape index (κ1) is 10.4. The second-order valence-corrected chi connectivity index (χ2v) is 4.17. The molecule has 0 spiro atoms. The molecule has 0 aliphatic carbocycles. The quantitative estimate of drug-likeness (QED) is 0.586. The first-order valence-electron chi connectivity index (χ1n) is 2.92. The summed E-state index contributed by atoms with van der Waals surface area (Å²) in [6, 6.07) is 1.29. The van der Waals surface area contributed by atoms with E-state index >= 15 is 0 Å². The van der Waals surface area contributed by atoms with Gasteiger partial charge in [0, 0.05) is 5.56 Å². The molecule has 1 rings (SSSR count). The van der Waals surface area contributed by atoms with E-state index in [9.17, 15) is 8.78 Å². The van der Waals surface area contributed by atoms with E-state index in [0.717, 1.165) is 0 Å². The number of aromatic nitrogens is 1. The van der Waals surface area contributed by atoms with E-state index in [1.165, 1.54) is 6.07 Å². The van der Waals surface area contributed by atoms with Gasteiger partial charge in [0.05, 0.1) is 5.69 Å². The number of nitrogens with two attached hydrogens (primary N) is 1. The van der Waals surface area contributed by atoms with Gasteiger partial charge in [-0.25, -0.2) is 13.8 Å². The Morgan fingerprint density at radius 3 is 2.50 bits per heavy atom. The van der Waals surface area contributed by atoms with Crippen molar-refractivity contribution >= 4 is 50.9 Å². The number of anilines is 1. The van der Waals surface area contributed by atoms with Gasteiger partial charge in [-0.2, -0.15) is 0 Å². The zero-order chi connectivity index (χ0) is 9.30. The monoisotopic (exact) mass is 396 g/mol. The van der Waals surface area contributed by atoms with Crippen LogP contribution in [0.15, 0.2) is 6.07 Å². The van der Waals surface area contributed by atoms with Crippen LogP contribution in [-0.4, -0.2) is 4.98 Å². The van der Waals surface area contributed by atoms with Gasteiger partial charge >= 0.3 is 0 Å². The number of nitrogen functional groups attached to an aromatic ring is 1. The molecule has 0 aliphatic heterocycles. The molecule has 0 saturated carbocycles.